The van der Waals surface area contributed by atoms with Crippen LogP contribution < -0.4 is 0 Å². The molecule has 0 amide bonds. The molecule has 6 heteroatoms. The normalized spacial score (nSPS) is 12.9. The van der Waals surface area contributed by atoms with Gasteiger partial charge in [0.25, 0.3) is 0 Å². The molecule has 0 aliphatic carbocycles. The smallest absolute Gasteiger partial charge is 0.155 e. The number of benzene rings is 1. The van der Waals surface area contributed by atoms with Crippen molar-refractivity contribution in [2.24, 2.45) is 0 Å². The van der Waals surface area contributed by atoms with Gasteiger partial charge in [-0.25, -0.2) is 9.97 Å². The Hall–Kier alpha value is -4.09. The van der Waals surface area contributed by atoms with Crippen LogP contribution in [0.1, 0.15) is 28.3 Å². The van der Waals surface area contributed by atoms with Gasteiger partial charge in [0.05, 0.1) is 28.5 Å². The number of hydrogen-bond donors (Lipinski definition) is 2. The predicted octanol–water partition coefficient (Wildman–Crippen LogP) is 6.66. The molecular weight excluding hydrogens is 444 g/mol. The molecule has 5 nitrogen and oxygen atoms in total. The first kappa shape index (κ1) is 20.5. The van der Waals surface area contributed by atoms with E-state index in [1.54, 1.807) is 0 Å². The number of aromatic amines is 2. The molecule has 34 heavy (non-hydrogen) atoms. The van der Waals surface area contributed by atoms with Gasteiger partial charge in [0.1, 0.15) is 12.3 Å². The highest BCUT2D eigenvalue weighted by Crippen LogP contribution is 2.36. The van der Waals surface area contributed by atoms with E-state index >= 15 is 0 Å². The van der Waals surface area contributed by atoms with Gasteiger partial charge in [0, 0.05) is 22.1 Å². The molecule has 0 unspecified atom stereocenters. The van der Waals surface area contributed by atoms with Crippen molar-refractivity contribution in [2.75, 3.05) is 12.5 Å². The SMILES string of the molecule is ClCCOC1=C(c2ccccc2)c2cc3nc(cc4ccc(cc5ccc(cc1n2)[nH]5)[nH]4)C=C3. The second-order valence-electron chi connectivity index (χ2n) is 8.10. The third-order valence-corrected chi connectivity index (χ3v) is 5.83. The van der Waals surface area contributed by atoms with E-state index in [4.69, 9.17) is 26.3 Å². The Bertz CT molecular complexity index is 1600. The Morgan fingerprint density at radius 1 is 0.676 bits per heavy atom. The Morgan fingerprint density at radius 2 is 1.32 bits per heavy atom. The van der Waals surface area contributed by atoms with Crippen LogP contribution in [0.4, 0.5) is 0 Å². The van der Waals surface area contributed by atoms with Crippen molar-refractivity contribution in [3.63, 3.8) is 0 Å². The van der Waals surface area contributed by atoms with E-state index in [1.807, 2.05) is 60.7 Å². The minimum Gasteiger partial charge on any atom is -0.489 e. The molecule has 2 aliphatic heterocycles. The lowest BCUT2D eigenvalue weighted by Gasteiger charge is -2.09. The molecule has 4 aromatic rings. The van der Waals surface area contributed by atoms with E-state index in [0.29, 0.717) is 12.5 Å². The molecule has 8 bridgehead atoms. The minimum atomic E-state index is 0.389. The van der Waals surface area contributed by atoms with Gasteiger partial charge in [-0.15, -0.1) is 11.6 Å². The van der Waals surface area contributed by atoms with Gasteiger partial charge < -0.3 is 14.7 Å². The molecule has 5 heterocycles. The number of ether oxygens (including phenoxy) is 1. The zero-order chi connectivity index (χ0) is 22.9. The second kappa shape index (κ2) is 8.69. The molecule has 0 saturated heterocycles. The molecule has 0 saturated carbocycles. The fourth-order valence-electron chi connectivity index (χ4n) is 4.22. The summed E-state index contributed by atoms with van der Waals surface area (Å²) in [7, 11) is 0. The van der Waals surface area contributed by atoms with E-state index < -0.39 is 0 Å². The van der Waals surface area contributed by atoms with E-state index in [9.17, 15) is 0 Å². The number of alkyl halides is 1. The number of rotatable bonds is 4. The Morgan fingerprint density at radius 3 is 2.03 bits per heavy atom. The van der Waals surface area contributed by atoms with Crippen LogP contribution >= 0.6 is 11.6 Å². The number of nitrogens with zero attached hydrogens (tertiary/aromatic N) is 2. The van der Waals surface area contributed by atoms with Gasteiger partial charge >= 0.3 is 0 Å². The lowest BCUT2D eigenvalue weighted by atomic mass is 10.0. The number of aromatic nitrogens is 4. The molecular formula is C28H21ClN4O. The Labute approximate surface area is 201 Å². The van der Waals surface area contributed by atoms with Gasteiger partial charge in [-0.3, -0.25) is 0 Å². The summed E-state index contributed by atoms with van der Waals surface area (Å²) in [5.41, 5.74) is 9.16. The van der Waals surface area contributed by atoms with Crippen LogP contribution in [0.5, 0.6) is 0 Å². The lowest BCUT2D eigenvalue weighted by molar-refractivity contribution is 0.301. The summed E-state index contributed by atoms with van der Waals surface area (Å²) in [5, 5.41) is 0. The number of H-pyrrole nitrogens is 2. The largest absolute Gasteiger partial charge is 0.489 e. The van der Waals surface area contributed by atoms with Crippen LogP contribution in [-0.2, 0) is 4.74 Å². The quantitative estimate of drug-likeness (QED) is 0.292. The average Bonchev–Trinajstić information content (AvgIpc) is 3.63. The van der Waals surface area contributed by atoms with Gasteiger partial charge in [-0.1, -0.05) is 30.3 Å². The van der Waals surface area contributed by atoms with Crippen molar-refractivity contribution < 1.29 is 4.74 Å². The molecule has 0 fully saturated rings. The maximum atomic E-state index is 6.17. The van der Waals surface area contributed by atoms with E-state index in [1.165, 1.54) is 0 Å². The molecule has 0 radical (unpaired) electrons. The minimum absolute atomic E-state index is 0.389. The van der Waals surface area contributed by atoms with Gasteiger partial charge in [0.2, 0.25) is 0 Å². The number of nitrogens with one attached hydrogen (secondary N) is 2. The first-order valence-electron chi connectivity index (χ1n) is 11.1. The molecule has 0 spiro atoms. The van der Waals surface area contributed by atoms with Crippen LogP contribution in [0.2, 0.25) is 0 Å². The average molecular weight is 465 g/mol. The van der Waals surface area contributed by atoms with E-state index in [-0.39, 0.29) is 0 Å². The van der Waals surface area contributed by atoms with Crippen LogP contribution in [0.25, 0.3) is 45.6 Å². The summed E-state index contributed by atoms with van der Waals surface area (Å²) in [6.45, 7) is 0.389. The number of fused-ring (bicyclic) bond motifs is 8. The fourth-order valence-corrected chi connectivity index (χ4v) is 4.30. The van der Waals surface area contributed by atoms with Crippen molar-refractivity contribution in [2.45, 2.75) is 0 Å². The van der Waals surface area contributed by atoms with Crippen molar-refractivity contribution in [1.82, 2.24) is 19.9 Å². The second-order valence-corrected chi connectivity index (χ2v) is 8.48. The zero-order valence-electron chi connectivity index (χ0n) is 18.3. The zero-order valence-corrected chi connectivity index (χ0v) is 19.0. The summed E-state index contributed by atoms with van der Waals surface area (Å²) >= 11 is 5.99. The first-order chi connectivity index (χ1) is 16.7. The van der Waals surface area contributed by atoms with Crippen molar-refractivity contribution >= 4 is 57.2 Å². The van der Waals surface area contributed by atoms with Gasteiger partial charge in [-0.2, -0.15) is 0 Å². The van der Waals surface area contributed by atoms with E-state index in [0.717, 1.165) is 61.7 Å². The highest BCUT2D eigenvalue weighted by molar-refractivity contribution is 6.18. The summed E-state index contributed by atoms with van der Waals surface area (Å²) in [5.74, 6) is 1.11. The molecule has 2 aliphatic rings. The van der Waals surface area contributed by atoms with Crippen LogP contribution in [0.15, 0.2) is 78.9 Å². The molecule has 1 aromatic carbocycles. The number of halogens is 1. The molecule has 166 valence electrons. The summed E-state index contributed by atoms with van der Waals surface area (Å²) in [6, 6.07) is 26.5. The van der Waals surface area contributed by atoms with Crippen molar-refractivity contribution in [3.8, 4) is 0 Å². The lowest BCUT2D eigenvalue weighted by Crippen LogP contribution is -1.97. The molecule has 6 rings (SSSR count). The van der Waals surface area contributed by atoms with Crippen molar-refractivity contribution in [3.05, 3.63) is 107 Å². The fraction of sp³-hybridized carbons (Fsp3) is 0.0714. The highest BCUT2D eigenvalue weighted by atomic mass is 35.5. The molecule has 3 aromatic heterocycles. The van der Waals surface area contributed by atoms with Crippen molar-refractivity contribution in [1.29, 1.82) is 0 Å². The van der Waals surface area contributed by atoms with E-state index in [2.05, 4.69) is 40.3 Å². The summed E-state index contributed by atoms with van der Waals surface area (Å²) in [4.78, 5) is 16.6. The maximum Gasteiger partial charge on any atom is 0.155 e. The predicted molar refractivity (Wildman–Crippen MR) is 139 cm³/mol. The van der Waals surface area contributed by atoms with Crippen LogP contribution in [-0.4, -0.2) is 32.4 Å². The first-order valence-corrected chi connectivity index (χ1v) is 11.6. The van der Waals surface area contributed by atoms with Gasteiger partial charge in [0.15, 0.2) is 5.76 Å². The van der Waals surface area contributed by atoms with Gasteiger partial charge in [-0.05, 0) is 66.2 Å². The Kier molecular flexibility index (Phi) is 5.24. The standard InChI is InChI=1S/C28H21ClN4O/c29-12-13-34-28-26-17-24-11-9-22(32-24)15-20-7-6-19(30-20)14-21-8-10-23(31-21)16-25(33-26)27(28)18-4-2-1-3-5-18/h1-11,14-17,30,32H,12-13H2. The van der Waals surface area contributed by atoms with Crippen LogP contribution in [0, 0.1) is 0 Å². The van der Waals surface area contributed by atoms with Crippen LogP contribution in [0.3, 0.4) is 0 Å². The third kappa shape index (κ3) is 4.02. The maximum absolute atomic E-state index is 6.17. The third-order valence-electron chi connectivity index (χ3n) is 5.68. The monoisotopic (exact) mass is 464 g/mol. The highest BCUT2D eigenvalue weighted by Gasteiger charge is 2.23. The molecule has 2 N–H and O–H groups in total. The Balaban J connectivity index is 1.67. The summed E-state index contributed by atoms with van der Waals surface area (Å²) < 4.78 is 6.17. The molecule has 0 atom stereocenters. The summed E-state index contributed by atoms with van der Waals surface area (Å²) in [6.07, 6.45) is 4.01. The number of hydrogen-bond acceptors (Lipinski definition) is 3. The topological polar surface area (TPSA) is 66.6 Å².